The smallest absolute Gasteiger partial charge is 0.308 e. The highest BCUT2D eigenvalue weighted by Gasteiger charge is 2.37. The Hall–Kier alpha value is -0.313. The first-order valence-corrected chi connectivity index (χ1v) is 12.2. The third-order valence-corrected chi connectivity index (χ3v) is 8.11. The molecular formula is C22H46O2Si. The summed E-state index contributed by atoms with van der Waals surface area (Å²) in [5.74, 6) is 0.557. The summed E-state index contributed by atoms with van der Waals surface area (Å²) in [6.45, 7) is 9.56. The fourth-order valence-electron chi connectivity index (χ4n) is 3.46. The van der Waals surface area contributed by atoms with E-state index in [9.17, 15) is 4.79 Å². The van der Waals surface area contributed by atoms with Crippen LogP contribution in [-0.4, -0.2) is 22.8 Å². The molecule has 0 amide bonds. The number of carbonyl (C=O) groups excluding carboxylic acids is 1. The molecule has 0 fully saturated rings. The van der Waals surface area contributed by atoms with Crippen molar-refractivity contribution in [3.63, 3.8) is 0 Å². The molecule has 0 saturated carbocycles. The molecule has 3 heteroatoms. The first-order chi connectivity index (χ1) is 12.0. The molecule has 0 saturated heterocycles. The normalized spacial score (nSPS) is 15.0. The summed E-state index contributed by atoms with van der Waals surface area (Å²) in [5, 5.41) is -0.175. The number of hydrogen-bond acceptors (Lipinski definition) is 2. The summed E-state index contributed by atoms with van der Waals surface area (Å²) in [7, 11) is 0.903. The number of esters is 1. The lowest BCUT2D eigenvalue weighted by Crippen LogP contribution is -2.32. The topological polar surface area (TPSA) is 26.3 Å². The summed E-state index contributed by atoms with van der Waals surface area (Å²) < 4.78 is 5.68. The molecule has 0 radical (unpaired) electrons. The predicted octanol–water partition coefficient (Wildman–Crippen LogP) is 6.21. The van der Waals surface area contributed by atoms with Gasteiger partial charge in [-0.2, -0.15) is 0 Å². The van der Waals surface area contributed by atoms with Gasteiger partial charge >= 0.3 is 5.97 Å². The van der Waals surface area contributed by atoms with Crippen molar-refractivity contribution in [2.24, 2.45) is 5.92 Å². The quantitative estimate of drug-likeness (QED) is 0.173. The van der Waals surface area contributed by atoms with Gasteiger partial charge in [0, 0.05) is 10.2 Å². The van der Waals surface area contributed by atoms with E-state index in [2.05, 4.69) is 27.7 Å². The molecule has 0 aromatic carbocycles. The Bertz CT molecular complexity index is 319. The summed E-state index contributed by atoms with van der Waals surface area (Å²) in [6, 6.07) is 0. The van der Waals surface area contributed by atoms with Crippen LogP contribution >= 0.6 is 0 Å². The Balaban J connectivity index is 4.02. The van der Waals surface area contributed by atoms with Crippen LogP contribution in [0.3, 0.4) is 0 Å². The van der Waals surface area contributed by atoms with Crippen molar-refractivity contribution in [2.75, 3.05) is 6.61 Å². The van der Waals surface area contributed by atoms with Crippen LogP contribution < -0.4 is 0 Å². The number of hydrogen-bond donors (Lipinski definition) is 0. The molecule has 0 heterocycles. The SMILES string of the molecule is CCCCCCCCOC(=O)C([SiH3])(CC)C(C)CCCCCCCC. The average molecular weight is 371 g/mol. The molecule has 25 heavy (non-hydrogen) atoms. The lowest BCUT2D eigenvalue weighted by molar-refractivity contribution is -0.149. The Morgan fingerprint density at radius 1 is 0.840 bits per heavy atom. The van der Waals surface area contributed by atoms with E-state index in [1.807, 2.05) is 0 Å². The van der Waals surface area contributed by atoms with Crippen molar-refractivity contribution < 1.29 is 9.53 Å². The first-order valence-electron chi connectivity index (χ1n) is 11.2. The van der Waals surface area contributed by atoms with Crippen LogP contribution in [0.15, 0.2) is 0 Å². The lowest BCUT2D eigenvalue weighted by atomic mass is 9.86. The molecule has 0 N–H and O–H groups in total. The van der Waals surface area contributed by atoms with Gasteiger partial charge in [0.1, 0.15) is 0 Å². The monoisotopic (exact) mass is 370 g/mol. The minimum atomic E-state index is -0.175. The highest BCUT2D eigenvalue weighted by atomic mass is 28.1. The van der Waals surface area contributed by atoms with E-state index in [4.69, 9.17) is 4.74 Å². The molecule has 0 aromatic rings. The highest BCUT2D eigenvalue weighted by molar-refractivity contribution is 6.27. The summed E-state index contributed by atoms with van der Waals surface area (Å²) in [5.41, 5.74) is 0. The van der Waals surface area contributed by atoms with Crippen LogP contribution in [0.5, 0.6) is 0 Å². The maximum absolute atomic E-state index is 12.7. The predicted molar refractivity (Wildman–Crippen MR) is 114 cm³/mol. The number of rotatable bonds is 17. The molecule has 150 valence electrons. The fourth-order valence-corrected chi connectivity index (χ4v) is 3.89. The van der Waals surface area contributed by atoms with Crippen LogP contribution in [0.1, 0.15) is 118 Å². The van der Waals surface area contributed by atoms with Crippen molar-refractivity contribution in [3.05, 3.63) is 0 Å². The van der Waals surface area contributed by atoms with Gasteiger partial charge in [-0.25, -0.2) is 0 Å². The lowest BCUT2D eigenvalue weighted by Gasteiger charge is -2.32. The molecule has 0 aliphatic carbocycles. The Morgan fingerprint density at radius 2 is 1.32 bits per heavy atom. The number of ether oxygens (including phenoxy) is 1. The molecule has 0 spiro atoms. The van der Waals surface area contributed by atoms with Gasteiger partial charge in [0.2, 0.25) is 0 Å². The van der Waals surface area contributed by atoms with Gasteiger partial charge in [-0.1, -0.05) is 98.3 Å². The summed E-state index contributed by atoms with van der Waals surface area (Å²) >= 11 is 0. The van der Waals surface area contributed by atoms with E-state index in [0.29, 0.717) is 12.5 Å². The Labute approximate surface area is 161 Å². The van der Waals surface area contributed by atoms with Gasteiger partial charge in [0.25, 0.3) is 0 Å². The summed E-state index contributed by atoms with van der Waals surface area (Å²) in [6.07, 6.45) is 17.5. The zero-order valence-corrected chi connectivity index (χ0v) is 20.0. The average Bonchev–Trinajstić information content (AvgIpc) is 2.62. The standard InChI is InChI=1S/C22H46O2Si/c1-5-8-10-12-14-16-18-20(4)22(25,7-3)21(23)24-19-17-15-13-11-9-6-2/h20H,5-19H2,1-4,25H3. The van der Waals surface area contributed by atoms with Gasteiger partial charge in [-0.15, -0.1) is 0 Å². The van der Waals surface area contributed by atoms with E-state index in [1.54, 1.807) is 0 Å². The highest BCUT2D eigenvalue weighted by Crippen LogP contribution is 2.40. The number of unbranched alkanes of at least 4 members (excludes halogenated alkanes) is 10. The van der Waals surface area contributed by atoms with Crippen molar-refractivity contribution in [2.45, 2.75) is 123 Å². The van der Waals surface area contributed by atoms with Crippen LogP contribution in [-0.2, 0) is 9.53 Å². The molecule has 0 rings (SSSR count). The number of carbonyl (C=O) groups is 1. The molecular weight excluding hydrogens is 324 g/mol. The first kappa shape index (κ1) is 24.7. The molecule has 0 aliphatic rings. The van der Waals surface area contributed by atoms with Crippen LogP contribution in [0, 0.1) is 5.92 Å². The molecule has 2 unspecified atom stereocenters. The minimum absolute atomic E-state index is 0.0914. The van der Waals surface area contributed by atoms with Crippen molar-refractivity contribution in [1.29, 1.82) is 0 Å². The summed E-state index contributed by atoms with van der Waals surface area (Å²) in [4.78, 5) is 12.7. The second-order valence-electron chi connectivity index (χ2n) is 8.13. The van der Waals surface area contributed by atoms with E-state index in [-0.39, 0.29) is 11.0 Å². The molecule has 2 nitrogen and oxygen atoms in total. The Kier molecular flexibility index (Phi) is 15.7. The van der Waals surface area contributed by atoms with E-state index in [1.165, 1.54) is 77.0 Å². The third-order valence-electron chi connectivity index (χ3n) is 6.01. The zero-order chi connectivity index (χ0) is 19.0. The maximum Gasteiger partial charge on any atom is 0.308 e. The fraction of sp³-hybridized carbons (Fsp3) is 0.955. The molecule has 0 aliphatic heterocycles. The van der Waals surface area contributed by atoms with Crippen molar-refractivity contribution in [3.8, 4) is 0 Å². The van der Waals surface area contributed by atoms with Crippen molar-refractivity contribution in [1.82, 2.24) is 0 Å². The van der Waals surface area contributed by atoms with Gasteiger partial charge in [-0.3, -0.25) is 4.79 Å². The van der Waals surface area contributed by atoms with E-state index < -0.39 is 0 Å². The second kappa shape index (κ2) is 15.9. The van der Waals surface area contributed by atoms with E-state index >= 15 is 0 Å². The third kappa shape index (κ3) is 11.1. The van der Waals surface area contributed by atoms with Gasteiger partial charge < -0.3 is 4.74 Å². The van der Waals surface area contributed by atoms with Crippen LogP contribution in [0.4, 0.5) is 0 Å². The van der Waals surface area contributed by atoms with Crippen LogP contribution in [0.25, 0.3) is 0 Å². The molecule has 0 bridgehead atoms. The molecule has 2 atom stereocenters. The van der Waals surface area contributed by atoms with Gasteiger partial charge in [0.05, 0.1) is 11.6 Å². The zero-order valence-electron chi connectivity index (χ0n) is 18.0. The van der Waals surface area contributed by atoms with Crippen LogP contribution in [0.2, 0.25) is 5.04 Å². The van der Waals surface area contributed by atoms with Gasteiger partial charge in [-0.05, 0) is 25.2 Å². The van der Waals surface area contributed by atoms with Crippen molar-refractivity contribution >= 4 is 16.2 Å². The maximum atomic E-state index is 12.7. The van der Waals surface area contributed by atoms with Gasteiger partial charge in [0.15, 0.2) is 0 Å². The Morgan fingerprint density at radius 3 is 1.84 bits per heavy atom. The second-order valence-corrected chi connectivity index (χ2v) is 9.92. The molecule has 0 aromatic heterocycles. The largest absolute Gasteiger partial charge is 0.466 e. The van der Waals surface area contributed by atoms with E-state index in [0.717, 1.165) is 23.1 Å². The minimum Gasteiger partial charge on any atom is -0.466 e.